The zero-order chi connectivity index (χ0) is 15.9. The lowest BCUT2D eigenvalue weighted by molar-refractivity contribution is -0.133. The Morgan fingerprint density at radius 2 is 2.23 bits per heavy atom. The number of urea groups is 1. The van der Waals surface area contributed by atoms with E-state index in [-0.39, 0.29) is 24.2 Å². The van der Waals surface area contributed by atoms with Crippen molar-refractivity contribution in [1.82, 2.24) is 10.2 Å². The van der Waals surface area contributed by atoms with Gasteiger partial charge >= 0.3 is 6.03 Å². The Morgan fingerprint density at radius 1 is 1.45 bits per heavy atom. The normalized spacial score (nSPS) is 28.3. The monoisotopic (exact) mass is 384 g/mol. The average molecular weight is 385 g/mol. The molecule has 2 heterocycles. The van der Waals surface area contributed by atoms with Gasteiger partial charge in [-0.05, 0) is 46.8 Å². The molecule has 0 aromatic carbocycles. The van der Waals surface area contributed by atoms with E-state index >= 15 is 0 Å². The van der Waals surface area contributed by atoms with Crippen molar-refractivity contribution in [3.05, 3.63) is 20.8 Å². The molecule has 0 radical (unpaired) electrons. The summed E-state index contributed by atoms with van der Waals surface area (Å²) in [4.78, 5) is 38.9. The minimum absolute atomic E-state index is 0.105. The Morgan fingerprint density at radius 3 is 2.86 bits per heavy atom. The fraction of sp³-hybridized carbons (Fsp3) is 0.533. The van der Waals surface area contributed by atoms with Crippen LogP contribution in [-0.4, -0.2) is 34.7 Å². The van der Waals surface area contributed by atoms with Gasteiger partial charge in [0, 0.05) is 0 Å². The van der Waals surface area contributed by atoms with Crippen molar-refractivity contribution in [2.45, 2.75) is 38.1 Å². The van der Waals surface area contributed by atoms with Crippen LogP contribution in [0.3, 0.4) is 0 Å². The molecule has 1 saturated carbocycles. The van der Waals surface area contributed by atoms with Gasteiger partial charge in [-0.15, -0.1) is 11.3 Å². The molecule has 118 valence electrons. The second kappa shape index (κ2) is 5.77. The van der Waals surface area contributed by atoms with Gasteiger partial charge in [0.25, 0.3) is 5.91 Å². The molecule has 1 N–H and O–H groups in total. The molecule has 1 aromatic rings. The largest absolute Gasteiger partial charge is 0.325 e. The van der Waals surface area contributed by atoms with Gasteiger partial charge in [-0.1, -0.05) is 19.8 Å². The van der Waals surface area contributed by atoms with E-state index in [1.54, 1.807) is 12.1 Å². The quantitative estimate of drug-likeness (QED) is 0.642. The number of Topliss-reactive ketones (excluding diaryl/α,β-unsaturated/α-hetero) is 1. The second-order valence-electron chi connectivity index (χ2n) is 5.97. The van der Waals surface area contributed by atoms with Gasteiger partial charge in [0.15, 0.2) is 5.78 Å². The van der Waals surface area contributed by atoms with E-state index in [0.29, 0.717) is 11.3 Å². The molecule has 22 heavy (non-hydrogen) atoms. The summed E-state index contributed by atoms with van der Waals surface area (Å²) in [5.41, 5.74) is -0.800. The Balaban J connectivity index is 1.79. The van der Waals surface area contributed by atoms with Crippen LogP contribution in [0.2, 0.25) is 0 Å². The highest BCUT2D eigenvalue weighted by Gasteiger charge is 2.55. The molecular weight excluding hydrogens is 368 g/mol. The van der Waals surface area contributed by atoms with Crippen LogP contribution < -0.4 is 5.32 Å². The van der Waals surface area contributed by atoms with E-state index in [1.807, 2.05) is 6.92 Å². The fourth-order valence-electron chi connectivity index (χ4n) is 3.32. The number of thiophene rings is 1. The topological polar surface area (TPSA) is 66.5 Å². The van der Waals surface area contributed by atoms with E-state index in [0.717, 1.165) is 27.9 Å². The van der Waals surface area contributed by atoms with Crippen LogP contribution in [-0.2, 0) is 4.79 Å². The van der Waals surface area contributed by atoms with Crippen LogP contribution in [0.1, 0.15) is 42.3 Å². The first-order valence-electron chi connectivity index (χ1n) is 7.37. The van der Waals surface area contributed by atoms with Gasteiger partial charge in [0.05, 0.1) is 15.2 Å². The predicted octanol–water partition coefficient (Wildman–Crippen LogP) is 3.19. The van der Waals surface area contributed by atoms with Crippen LogP contribution >= 0.6 is 27.3 Å². The molecule has 1 saturated heterocycles. The number of amides is 3. The number of hydrogen-bond donors (Lipinski definition) is 1. The van der Waals surface area contributed by atoms with Gasteiger partial charge < -0.3 is 5.32 Å². The van der Waals surface area contributed by atoms with Crippen molar-refractivity contribution < 1.29 is 14.4 Å². The highest BCUT2D eigenvalue weighted by Crippen LogP contribution is 2.38. The average Bonchev–Trinajstić information content (AvgIpc) is 3.01. The first kappa shape index (κ1) is 15.7. The third-order valence-corrected chi connectivity index (χ3v) is 6.32. The SMILES string of the molecule is C[C@@H]1CCCC[C@]12NC(=O)N(CC(=O)c1ccc(Br)s1)C2=O. The molecular formula is C15H17BrN2O3S. The zero-order valence-corrected chi connectivity index (χ0v) is 14.6. The number of halogens is 1. The second-order valence-corrected chi connectivity index (χ2v) is 8.43. The Kier molecular flexibility index (Phi) is 4.11. The fourth-order valence-corrected chi connectivity index (χ4v) is 4.64. The van der Waals surface area contributed by atoms with Crippen LogP contribution in [0.25, 0.3) is 0 Å². The summed E-state index contributed by atoms with van der Waals surface area (Å²) in [5, 5.41) is 2.86. The van der Waals surface area contributed by atoms with Gasteiger partial charge in [-0.2, -0.15) is 0 Å². The smallest absolute Gasteiger partial charge is 0.323 e. The standard InChI is InChI=1S/C15H17BrN2O3S/c1-9-4-2-3-7-15(9)13(20)18(14(21)17-15)8-10(19)11-5-6-12(16)22-11/h5-6,9H,2-4,7-8H2,1H3,(H,17,21)/t9-,15+/m1/s1. The van der Waals surface area contributed by atoms with Crippen LogP contribution in [0.5, 0.6) is 0 Å². The van der Waals surface area contributed by atoms with Gasteiger partial charge in [0.2, 0.25) is 0 Å². The Labute approximate surface area is 141 Å². The van der Waals surface area contributed by atoms with Crippen molar-refractivity contribution in [1.29, 1.82) is 0 Å². The minimum atomic E-state index is -0.800. The summed E-state index contributed by atoms with van der Waals surface area (Å²) >= 11 is 4.62. The molecule has 0 bridgehead atoms. The maximum absolute atomic E-state index is 12.8. The van der Waals surface area contributed by atoms with Crippen LogP contribution in [0.4, 0.5) is 4.79 Å². The summed E-state index contributed by atoms with van der Waals surface area (Å²) in [5.74, 6) is -0.345. The molecule has 5 nitrogen and oxygen atoms in total. The predicted molar refractivity (Wildman–Crippen MR) is 87.0 cm³/mol. The zero-order valence-electron chi connectivity index (χ0n) is 12.2. The van der Waals surface area contributed by atoms with Crippen LogP contribution in [0.15, 0.2) is 15.9 Å². The minimum Gasteiger partial charge on any atom is -0.323 e. The van der Waals surface area contributed by atoms with Crippen molar-refractivity contribution in [2.24, 2.45) is 5.92 Å². The number of nitrogens with one attached hydrogen (secondary N) is 1. The molecule has 2 atom stereocenters. The van der Waals surface area contributed by atoms with Crippen molar-refractivity contribution in [3.63, 3.8) is 0 Å². The first-order chi connectivity index (χ1) is 10.4. The summed E-state index contributed by atoms with van der Waals surface area (Å²) in [6.45, 7) is 1.81. The molecule has 7 heteroatoms. The molecule has 1 aliphatic carbocycles. The highest BCUT2D eigenvalue weighted by atomic mass is 79.9. The van der Waals surface area contributed by atoms with E-state index in [2.05, 4.69) is 21.2 Å². The van der Waals surface area contributed by atoms with E-state index in [4.69, 9.17) is 0 Å². The maximum Gasteiger partial charge on any atom is 0.325 e. The molecule has 1 spiro atoms. The Bertz CT molecular complexity index is 644. The number of ketones is 1. The van der Waals surface area contributed by atoms with Gasteiger partial charge in [0.1, 0.15) is 5.54 Å². The van der Waals surface area contributed by atoms with E-state index in [9.17, 15) is 14.4 Å². The van der Waals surface area contributed by atoms with Gasteiger partial charge in [-0.3, -0.25) is 14.5 Å². The lowest BCUT2D eigenvalue weighted by Gasteiger charge is -2.36. The number of hydrogen-bond acceptors (Lipinski definition) is 4. The number of nitrogens with zero attached hydrogens (tertiary/aromatic N) is 1. The summed E-state index contributed by atoms with van der Waals surface area (Å²) in [7, 11) is 0. The summed E-state index contributed by atoms with van der Waals surface area (Å²) < 4.78 is 0.852. The third-order valence-electron chi connectivity index (χ3n) is 4.65. The lowest BCUT2D eigenvalue weighted by atomic mass is 9.73. The molecule has 2 fully saturated rings. The molecule has 3 amide bonds. The maximum atomic E-state index is 12.8. The molecule has 1 aromatic heterocycles. The van der Waals surface area contributed by atoms with Crippen molar-refractivity contribution in [2.75, 3.05) is 6.54 Å². The lowest BCUT2D eigenvalue weighted by Crippen LogP contribution is -2.54. The molecule has 1 aliphatic heterocycles. The molecule has 2 aliphatic rings. The van der Waals surface area contributed by atoms with E-state index in [1.165, 1.54) is 11.3 Å². The van der Waals surface area contributed by atoms with Crippen molar-refractivity contribution >= 4 is 45.0 Å². The van der Waals surface area contributed by atoms with Gasteiger partial charge in [-0.25, -0.2) is 4.79 Å². The number of rotatable bonds is 3. The number of carbonyl (C=O) groups excluding carboxylic acids is 3. The highest BCUT2D eigenvalue weighted by molar-refractivity contribution is 9.11. The third kappa shape index (κ3) is 2.50. The number of imide groups is 1. The van der Waals surface area contributed by atoms with Crippen molar-refractivity contribution in [3.8, 4) is 0 Å². The molecule has 3 rings (SSSR count). The molecule has 0 unspecified atom stereocenters. The summed E-state index contributed by atoms with van der Waals surface area (Å²) in [6.07, 6.45) is 3.59. The van der Waals surface area contributed by atoms with Crippen LogP contribution in [0, 0.1) is 5.92 Å². The summed E-state index contributed by atoms with van der Waals surface area (Å²) in [6, 6.07) is 3.05. The number of carbonyl (C=O) groups is 3. The van der Waals surface area contributed by atoms with E-state index < -0.39 is 11.6 Å². The Hall–Kier alpha value is -1.21. The first-order valence-corrected chi connectivity index (χ1v) is 8.97.